The smallest absolute Gasteiger partial charge is 0.418 e. The van der Waals surface area contributed by atoms with Gasteiger partial charge < -0.3 is 10.5 Å². The van der Waals surface area contributed by atoms with Gasteiger partial charge >= 0.3 is 12.1 Å². The molecule has 2 N–H and O–H groups in total. The summed E-state index contributed by atoms with van der Waals surface area (Å²) in [6.07, 6.45) is -0.823. The van der Waals surface area contributed by atoms with Crippen molar-refractivity contribution >= 4 is 23.5 Å². The summed E-state index contributed by atoms with van der Waals surface area (Å²) in [5, 5.41) is 9.43. The van der Waals surface area contributed by atoms with Gasteiger partial charge in [-0.25, -0.2) is 19.5 Å². The molecule has 1 heterocycles. The van der Waals surface area contributed by atoms with Crippen LogP contribution in [-0.2, 0) is 4.74 Å². The van der Waals surface area contributed by atoms with Gasteiger partial charge in [0.1, 0.15) is 5.92 Å². The molecule has 0 saturated carbocycles. The summed E-state index contributed by atoms with van der Waals surface area (Å²) in [7, 11) is 0. The molecule has 1 aromatic carbocycles. The first-order chi connectivity index (χ1) is 10.5. The Hall–Kier alpha value is -2.88. The maximum Gasteiger partial charge on any atom is 0.418 e. The number of ether oxygens (including phenoxy) is 1. The van der Waals surface area contributed by atoms with Crippen molar-refractivity contribution in [2.24, 2.45) is 10.9 Å². The predicted molar refractivity (Wildman–Crippen MR) is 80.1 cm³/mol. The number of hydrogen-bond donors (Lipinski definition) is 1. The molecule has 0 saturated heterocycles. The van der Waals surface area contributed by atoms with E-state index in [1.54, 1.807) is 38.1 Å². The summed E-state index contributed by atoms with van der Waals surface area (Å²) in [5.74, 6) is -0.746. The van der Waals surface area contributed by atoms with E-state index >= 15 is 0 Å². The number of rotatable bonds is 2. The number of benzene rings is 1. The zero-order valence-corrected chi connectivity index (χ0v) is 12.3. The molecule has 0 fully saturated rings. The number of amides is 3. The average Bonchev–Trinajstić information content (AvgIpc) is 2.46. The molecule has 2 rings (SSSR count). The van der Waals surface area contributed by atoms with Gasteiger partial charge in [-0.3, -0.25) is 0 Å². The molecular weight excluding hydrogens is 284 g/mol. The zero-order valence-electron chi connectivity index (χ0n) is 12.3. The molecule has 1 aliphatic rings. The Morgan fingerprint density at radius 3 is 2.86 bits per heavy atom. The molecule has 0 spiro atoms. The normalized spacial score (nSPS) is 21.0. The van der Waals surface area contributed by atoms with Crippen molar-refractivity contribution in [3.8, 4) is 6.07 Å². The van der Waals surface area contributed by atoms with Gasteiger partial charge in [-0.1, -0.05) is 12.1 Å². The van der Waals surface area contributed by atoms with Gasteiger partial charge in [0, 0.05) is 11.4 Å². The van der Waals surface area contributed by atoms with E-state index in [9.17, 15) is 14.9 Å². The molecular formula is C15H16N4O3. The Labute approximate surface area is 128 Å². The van der Waals surface area contributed by atoms with Crippen LogP contribution in [0.1, 0.15) is 25.5 Å². The van der Waals surface area contributed by atoms with Gasteiger partial charge in [-0.15, -0.1) is 0 Å². The van der Waals surface area contributed by atoms with Gasteiger partial charge in [0.2, 0.25) is 0 Å². The minimum Gasteiger partial charge on any atom is -0.449 e. The van der Waals surface area contributed by atoms with Crippen molar-refractivity contribution in [2.75, 3.05) is 12.3 Å². The SMILES string of the molecule is CCOC(=O)N1C(=O)N=C(C)C(C#N)C1c1cccc(N)c1. The number of anilines is 1. The minimum absolute atomic E-state index is 0.117. The summed E-state index contributed by atoms with van der Waals surface area (Å²) < 4.78 is 4.92. The maximum absolute atomic E-state index is 12.1. The quantitative estimate of drug-likeness (QED) is 0.844. The van der Waals surface area contributed by atoms with Crippen LogP contribution in [0, 0.1) is 17.2 Å². The summed E-state index contributed by atoms with van der Waals surface area (Å²) >= 11 is 0. The third-order valence-electron chi connectivity index (χ3n) is 3.38. The summed E-state index contributed by atoms with van der Waals surface area (Å²) in [6.45, 7) is 3.35. The highest BCUT2D eigenvalue weighted by atomic mass is 16.6. The Balaban J connectivity index is 2.55. The van der Waals surface area contributed by atoms with E-state index in [0.29, 0.717) is 17.0 Å². The monoisotopic (exact) mass is 300 g/mol. The zero-order chi connectivity index (χ0) is 16.3. The maximum atomic E-state index is 12.1. The third kappa shape index (κ3) is 2.76. The molecule has 0 aliphatic carbocycles. The highest BCUT2D eigenvalue weighted by Crippen LogP contribution is 2.34. The molecule has 1 aromatic rings. The van der Waals surface area contributed by atoms with Crippen LogP contribution in [0.15, 0.2) is 29.3 Å². The molecule has 1 aliphatic heterocycles. The van der Waals surface area contributed by atoms with Gasteiger partial charge in [-0.05, 0) is 31.5 Å². The fourth-order valence-electron chi connectivity index (χ4n) is 2.40. The number of nitrogen functional groups attached to an aromatic ring is 1. The second-order valence-electron chi connectivity index (χ2n) is 4.83. The van der Waals surface area contributed by atoms with Crippen molar-refractivity contribution in [1.29, 1.82) is 5.26 Å². The molecule has 0 aromatic heterocycles. The second kappa shape index (κ2) is 6.26. The lowest BCUT2D eigenvalue weighted by Gasteiger charge is -2.34. The van der Waals surface area contributed by atoms with Crippen LogP contribution in [0.3, 0.4) is 0 Å². The predicted octanol–water partition coefficient (Wildman–Crippen LogP) is 2.50. The molecule has 2 atom stereocenters. The van der Waals surface area contributed by atoms with Crippen molar-refractivity contribution in [3.63, 3.8) is 0 Å². The van der Waals surface area contributed by atoms with E-state index in [1.807, 2.05) is 0 Å². The van der Waals surface area contributed by atoms with E-state index in [1.165, 1.54) is 0 Å². The van der Waals surface area contributed by atoms with Gasteiger partial charge in [0.25, 0.3) is 0 Å². The van der Waals surface area contributed by atoms with E-state index in [0.717, 1.165) is 4.90 Å². The molecule has 114 valence electrons. The topological polar surface area (TPSA) is 109 Å². The molecule has 7 nitrogen and oxygen atoms in total. The van der Waals surface area contributed by atoms with Crippen LogP contribution < -0.4 is 5.73 Å². The Morgan fingerprint density at radius 1 is 1.55 bits per heavy atom. The number of nitrogens with zero attached hydrogens (tertiary/aromatic N) is 3. The fourth-order valence-corrected chi connectivity index (χ4v) is 2.40. The number of nitrogens with two attached hydrogens (primary N) is 1. The number of aliphatic imine (C=N–C) groups is 1. The van der Waals surface area contributed by atoms with Gasteiger partial charge in [-0.2, -0.15) is 5.26 Å². The molecule has 0 radical (unpaired) electrons. The van der Waals surface area contributed by atoms with E-state index in [-0.39, 0.29) is 6.61 Å². The lowest BCUT2D eigenvalue weighted by Crippen LogP contribution is -2.46. The lowest BCUT2D eigenvalue weighted by molar-refractivity contribution is 0.0982. The fraction of sp³-hybridized carbons (Fsp3) is 0.333. The number of carbonyl (C=O) groups excluding carboxylic acids is 2. The minimum atomic E-state index is -0.823. The van der Waals surface area contributed by atoms with Crippen LogP contribution in [0.5, 0.6) is 0 Å². The first-order valence-electron chi connectivity index (χ1n) is 6.79. The van der Waals surface area contributed by atoms with Crippen LogP contribution in [0.25, 0.3) is 0 Å². The molecule has 2 unspecified atom stereocenters. The third-order valence-corrected chi connectivity index (χ3v) is 3.38. The first kappa shape index (κ1) is 15.5. The Kier molecular flexibility index (Phi) is 4.41. The molecule has 7 heteroatoms. The van der Waals surface area contributed by atoms with Crippen molar-refractivity contribution in [3.05, 3.63) is 29.8 Å². The first-order valence-corrected chi connectivity index (χ1v) is 6.79. The largest absolute Gasteiger partial charge is 0.449 e. The Morgan fingerprint density at radius 2 is 2.27 bits per heavy atom. The number of imide groups is 1. The lowest BCUT2D eigenvalue weighted by atomic mass is 9.88. The van der Waals surface area contributed by atoms with Gasteiger partial charge in [0.05, 0.1) is 18.7 Å². The summed E-state index contributed by atoms with van der Waals surface area (Å²) in [5.41, 5.74) is 7.19. The summed E-state index contributed by atoms with van der Waals surface area (Å²) in [6, 6.07) is 7.28. The van der Waals surface area contributed by atoms with E-state index in [2.05, 4.69) is 11.1 Å². The van der Waals surface area contributed by atoms with Crippen LogP contribution in [-0.4, -0.2) is 29.3 Å². The number of carbonyl (C=O) groups is 2. The molecule has 3 amide bonds. The van der Waals surface area contributed by atoms with Crippen LogP contribution in [0.4, 0.5) is 15.3 Å². The van der Waals surface area contributed by atoms with Gasteiger partial charge in [0.15, 0.2) is 0 Å². The second-order valence-corrected chi connectivity index (χ2v) is 4.83. The number of urea groups is 1. The van der Waals surface area contributed by atoms with E-state index in [4.69, 9.17) is 10.5 Å². The highest BCUT2D eigenvalue weighted by molar-refractivity contribution is 6.04. The van der Waals surface area contributed by atoms with Crippen LogP contribution in [0.2, 0.25) is 0 Å². The number of hydrogen-bond acceptors (Lipinski definition) is 5. The van der Waals surface area contributed by atoms with Crippen molar-refractivity contribution < 1.29 is 14.3 Å². The summed E-state index contributed by atoms with van der Waals surface area (Å²) in [4.78, 5) is 28.9. The molecule has 22 heavy (non-hydrogen) atoms. The number of nitriles is 1. The molecule has 0 bridgehead atoms. The van der Waals surface area contributed by atoms with E-state index < -0.39 is 24.1 Å². The highest BCUT2D eigenvalue weighted by Gasteiger charge is 2.42. The van der Waals surface area contributed by atoms with Crippen molar-refractivity contribution in [2.45, 2.75) is 19.9 Å². The van der Waals surface area contributed by atoms with Crippen molar-refractivity contribution in [1.82, 2.24) is 4.90 Å². The standard InChI is InChI=1S/C15H16N4O3/c1-3-22-15(21)19-13(10-5-4-6-11(17)7-10)12(8-16)9(2)18-14(19)20/h4-7,12-13H,3,17H2,1-2H3. The Bertz CT molecular complexity index is 678. The average molecular weight is 300 g/mol. The van der Waals surface area contributed by atoms with Crippen LogP contribution >= 0.6 is 0 Å².